The Kier molecular flexibility index (Phi) is 5.93. The minimum Gasteiger partial charge on any atom is -0.481 e. The van der Waals surface area contributed by atoms with E-state index in [4.69, 9.17) is 5.11 Å². The quantitative estimate of drug-likeness (QED) is 0.613. The largest absolute Gasteiger partial charge is 0.481 e. The van der Waals surface area contributed by atoms with Gasteiger partial charge in [0.2, 0.25) is 5.91 Å². The van der Waals surface area contributed by atoms with Crippen LogP contribution in [0.5, 0.6) is 0 Å². The highest BCUT2D eigenvalue weighted by Crippen LogP contribution is 1.99. The van der Waals surface area contributed by atoms with Crippen LogP contribution in [0.4, 0.5) is 0 Å². The second kappa shape index (κ2) is 6.46. The summed E-state index contributed by atoms with van der Waals surface area (Å²) >= 11 is 0. The van der Waals surface area contributed by atoms with Crippen LogP contribution in [0, 0.1) is 0 Å². The fourth-order valence-electron chi connectivity index (χ4n) is 1.05. The van der Waals surface area contributed by atoms with Crippen molar-refractivity contribution in [3.8, 4) is 0 Å². The van der Waals surface area contributed by atoms with Crippen molar-refractivity contribution in [3.05, 3.63) is 0 Å². The minimum absolute atomic E-state index is 0.0757. The van der Waals surface area contributed by atoms with Crippen LogP contribution in [0.1, 0.15) is 39.5 Å². The molecule has 0 radical (unpaired) electrons. The molecule has 13 heavy (non-hydrogen) atoms. The first-order valence-electron chi connectivity index (χ1n) is 4.57. The Morgan fingerprint density at radius 1 is 1.46 bits per heavy atom. The molecule has 0 bridgehead atoms. The topological polar surface area (TPSA) is 66.4 Å². The summed E-state index contributed by atoms with van der Waals surface area (Å²) in [5.41, 5.74) is 0. The zero-order valence-electron chi connectivity index (χ0n) is 8.17. The molecule has 0 saturated carbocycles. The lowest BCUT2D eigenvalue weighted by molar-refractivity contribution is -0.140. The van der Waals surface area contributed by atoms with Crippen LogP contribution in [0.15, 0.2) is 0 Å². The predicted molar refractivity (Wildman–Crippen MR) is 49.4 cm³/mol. The normalized spacial score (nSPS) is 12.2. The van der Waals surface area contributed by atoms with E-state index < -0.39 is 18.3 Å². The fourth-order valence-corrected chi connectivity index (χ4v) is 1.05. The van der Waals surface area contributed by atoms with E-state index in [9.17, 15) is 9.59 Å². The lowest BCUT2D eigenvalue weighted by Gasteiger charge is -2.11. The second-order valence-corrected chi connectivity index (χ2v) is 3.18. The number of hydrogen-bond acceptors (Lipinski definition) is 2. The molecule has 0 aromatic heterocycles. The molecule has 1 amide bonds. The maximum absolute atomic E-state index is 10.9. The van der Waals surface area contributed by atoms with Crippen LogP contribution in [0.25, 0.3) is 0 Å². The van der Waals surface area contributed by atoms with Crippen LogP contribution in [0.3, 0.4) is 0 Å². The van der Waals surface area contributed by atoms with E-state index in [-0.39, 0.29) is 6.04 Å². The maximum atomic E-state index is 10.9. The van der Waals surface area contributed by atoms with Crippen molar-refractivity contribution in [1.82, 2.24) is 5.32 Å². The minimum atomic E-state index is -1.08. The predicted octanol–water partition coefficient (Wildman–Crippen LogP) is 1.16. The molecule has 0 rings (SSSR count). The van der Waals surface area contributed by atoms with Crippen molar-refractivity contribution in [2.24, 2.45) is 0 Å². The molecular formula is C9H17NO3. The summed E-state index contributed by atoms with van der Waals surface area (Å²) in [5.74, 6) is -1.49. The Bertz CT molecular complexity index is 180. The molecule has 4 heteroatoms. The van der Waals surface area contributed by atoms with E-state index in [0.29, 0.717) is 0 Å². The molecule has 0 heterocycles. The lowest BCUT2D eigenvalue weighted by atomic mass is 10.1. The summed E-state index contributed by atoms with van der Waals surface area (Å²) in [7, 11) is 0. The van der Waals surface area contributed by atoms with Gasteiger partial charge in [0.15, 0.2) is 0 Å². The van der Waals surface area contributed by atoms with Gasteiger partial charge in [-0.1, -0.05) is 19.8 Å². The summed E-state index contributed by atoms with van der Waals surface area (Å²) in [5, 5.41) is 10.9. The number of carboxylic acids is 1. The van der Waals surface area contributed by atoms with E-state index in [0.717, 1.165) is 19.3 Å². The summed E-state index contributed by atoms with van der Waals surface area (Å²) < 4.78 is 0. The smallest absolute Gasteiger partial charge is 0.312 e. The number of unbranched alkanes of at least 4 members (excludes halogenated alkanes) is 1. The maximum Gasteiger partial charge on any atom is 0.312 e. The number of aliphatic carboxylic acids is 1. The number of rotatable bonds is 6. The molecule has 0 fully saturated rings. The molecule has 2 N–H and O–H groups in total. The van der Waals surface area contributed by atoms with Gasteiger partial charge in [-0.15, -0.1) is 0 Å². The van der Waals surface area contributed by atoms with Gasteiger partial charge in [0.05, 0.1) is 0 Å². The highest BCUT2D eigenvalue weighted by atomic mass is 16.4. The molecule has 1 unspecified atom stereocenters. The zero-order chi connectivity index (χ0) is 10.3. The molecular weight excluding hydrogens is 170 g/mol. The standard InChI is InChI=1S/C9H17NO3/c1-3-4-5-7(2)10-8(11)6-9(12)13/h7H,3-6H2,1-2H3,(H,10,11)(H,12,13). The first-order chi connectivity index (χ1) is 6.06. The Morgan fingerprint density at radius 2 is 2.08 bits per heavy atom. The van der Waals surface area contributed by atoms with Crippen molar-refractivity contribution in [3.63, 3.8) is 0 Å². The van der Waals surface area contributed by atoms with Gasteiger partial charge in [-0.2, -0.15) is 0 Å². The highest BCUT2D eigenvalue weighted by molar-refractivity contribution is 5.93. The van der Waals surface area contributed by atoms with Crippen LogP contribution >= 0.6 is 0 Å². The third kappa shape index (κ3) is 7.31. The van der Waals surface area contributed by atoms with E-state index in [2.05, 4.69) is 12.2 Å². The molecule has 1 atom stereocenters. The molecule has 0 aliphatic carbocycles. The van der Waals surface area contributed by atoms with Gasteiger partial charge >= 0.3 is 5.97 Å². The number of carbonyl (C=O) groups is 2. The average molecular weight is 187 g/mol. The van der Waals surface area contributed by atoms with Gasteiger partial charge in [-0.25, -0.2) is 0 Å². The molecule has 0 spiro atoms. The van der Waals surface area contributed by atoms with E-state index >= 15 is 0 Å². The molecule has 0 aromatic carbocycles. The van der Waals surface area contributed by atoms with Crippen LogP contribution in [0.2, 0.25) is 0 Å². The molecule has 0 aliphatic rings. The molecule has 76 valence electrons. The second-order valence-electron chi connectivity index (χ2n) is 3.18. The third-order valence-corrected chi connectivity index (χ3v) is 1.71. The fraction of sp³-hybridized carbons (Fsp3) is 0.778. The van der Waals surface area contributed by atoms with Crippen LogP contribution < -0.4 is 5.32 Å². The number of carbonyl (C=O) groups excluding carboxylic acids is 1. The molecule has 0 saturated heterocycles. The van der Waals surface area contributed by atoms with Gasteiger partial charge in [-0.3, -0.25) is 9.59 Å². The number of amides is 1. The number of hydrogen-bond donors (Lipinski definition) is 2. The van der Waals surface area contributed by atoms with Crippen molar-refractivity contribution in [2.75, 3.05) is 0 Å². The van der Waals surface area contributed by atoms with Gasteiger partial charge in [0.1, 0.15) is 6.42 Å². The molecule has 4 nitrogen and oxygen atoms in total. The average Bonchev–Trinajstić information content (AvgIpc) is 1.98. The Balaban J connectivity index is 3.59. The van der Waals surface area contributed by atoms with Gasteiger partial charge in [0, 0.05) is 6.04 Å². The zero-order valence-corrected chi connectivity index (χ0v) is 8.17. The first-order valence-corrected chi connectivity index (χ1v) is 4.57. The van der Waals surface area contributed by atoms with Crippen molar-refractivity contribution in [2.45, 2.75) is 45.6 Å². The van der Waals surface area contributed by atoms with Gasteiger partial charge in [0.25, 0.3) is 0 Å². The van der Waals surface area contributed by atoms with Crippen molar-refractivity contribution < 1.29 is 14.7 Å². The van der Waals surface area contributed by atoms with Gasteiger partial charge in [-0.05, 0) is 13.3 Å². The first kappa shape index (κ1) is 11.9. The summed E-state index contributed by atoms with van der Waals surface area (Å²) in [6.45, 7) is 3.96. The summed E-state index contributed by atoms with van der Waals surface area (Å²) in [6.07, 6.45) is 2.60. The third-order valence-electron chi connectivity index (χ3n) is 1.71. The van der Waals surface area contributed by atoms with Crippen LogP contribution in [-0.2, 0) is 9.59 Å². The Hall–Kier alpha value is -1.06. The van der Waals surface area contributed by atoms with Crippen molar-refractivity contribution in [1.29, 1.82) is 0 Å². The summed E-state index contributed by atoms with van der Waals surface area (Å²) in [6, 6.07) is 0.0757. The monoisotopic (exact) mass is 187 g/mol. The summed E-state index contributed by atoms with van der Waals surface area (Å²) in [4.78, 5) is 21.1. The number of carboxylic acid groups (broad SMARTS) is 1. The van der Waals surface area contributed by atoms with E-state index in [1.807, 2.05) is 6.92 Å². The Morgan fingerprint density at radius 3 is 2.54 bits per heavy atom. The number of nitrogens with one attached hydrogen (secondary N) is 1. The lowest BCUT2D eigenvalue weighted by Crippen LogP contribution is -2.33. The SMILES string of the molecule is CCCCC(C)NC(=O)CC(=O)O. The van der Waals surface area contributed by atoms with E-state index in [1.54, 1.807) is 0 Å². The van der Waals surface area contributed by atoms with Crippen LogP contribution in [-0.4, -0.2) is 23.0 Å². The molecule has 0 aromatic rings. The molecule has 0 aliphatic heterocycles. The van der Waals surface area contributed by atoms with Gasteiger partial charge < -0.3 is 10.4 Å². The Labute approximate surface area is 78.3 Å². The highest BCUT2D eigenvalue weighted by Gasteiger charge is 2.09. The van der Waals surface area contributed by atoms with Crippen molar-refractivity contribution >= 4 is 11.9 Å². The van der Waals surface area contributed by atoms with E-state index in [1.165, 1.54) is 0 Å².